The van der Waals surface area contributed by atoms with E-state index in [0.29, 0.717) is 55.0 Å². The van der Waals surface area contributed by atoms with Crippen LogP contribution in [-0.4, -0.2) is 75.4 Å². The summed E-state index contributed by atoms with van der Waals surface area (Å²) in [5.74, 6) is 0.683. The van der Waals surface area contributed by atoms with Gasteiger partial charge in [0.15, 0.2) is 0 Å². The molecule has 0 spiro atoms. The molecule has 1 aliphatic heterocycles. The van der Waals surface area contributed by atoms with Crippen LogP contribution < -0.4 is 14.8 Å². The van der Waals surface area contributed by atoms with E-state index in [4.69, 9.17) is 21.3 Å². The van der Waals surface area contributed by atoms with Crippen LogP contribution in [0.15, 0.2) is 96.6 Å². The minimum Gasteiger partial charge on any atom is -0.462 e. The van der Waals surface area contributed by atoms with Gasteiger partial charge in [-0.05, 0) is 92.0 Å². The molecule has 3 amide bonds. The number of aryl methyl sites for hydroxylation is 1. The average molecular weight is 700 g/mol. The second-order valence-corrected chi connectivity index (χ2v) is 14.7. The predicted molar refractivity (Wildman–Crippen MR) is 192 cm³/mol. The molecule has 3 aromatic carbocycles. The molecule has 254 valence electrons. The summed E-state index contributed by atoms with van der Waals surface area (Å²) in [6, 6.07) is 22.0. The summed E-state index contributed by atoms with van der Waals surface area (Å²) in [6.45, 7) is 1.87. The lowest BCUT2D eigenvalue weighted by atomic mass is 10.1. The summed E-state index contributed by atoms with van der Waals surface area (Å²) in [6.07, 6.45) is 9.14. The van der Waals surface area contributed by atoms with E-state index in [1.54, 1.807) is 36.7 Å². The lowest BCUT2D eigenvalue weighted by molar-refractivity contribution is -0.121. The molecule has 1 atom stereocenters. The van der Waals surface area contributed by atoms with Gasteiger partial charge in [0, 0.05) is 33.2 Å². The number of hydrogen-bond acceptors (Lipinski definition) is 9. The molecular formula is C35H38N7O5PS. The minimum absolute atomic E-state index is 0.0645. The second-order valence-electron chi connectivity index (χ2n) is 11.3. The Morgan fingerprint density at radius 2 is 1.57 bits per heavy atom. The Hall–Kier alpha value is -5.13. The fourth-order valence-corrected chi connectivity index (χ4v) is 5.27. The number of nitrogens with one attached hydrogen (secondary N) is 1. The van der Waals surface area contributed by atoms with E-state index in [0.717, 1.165) is 23.2 Å². The zero-order valence-corrected chi connectivity index (χ0v) is 29.1. The fraction of sp³-hybridized carbons (Fsp3) is 0.257. The molecule has 0 fully saturated rings. The Morgan fingerprint density at radius 1 is 0.939 bits per heavy atom. The quantitative estimate of drug-likeness (QED) is 0.0417. The Labute approximate surface area is 290 Å². The molecule has 0 aliphatic carbocycles. The van der Waals surface area contributed by atoms with E-state index in [9.17, 15) is 14.4 Å². The molecule has 1 N–H and O–H groups in total. The topological polar surface area (TPSA) is 131 Å². The number of imide groups is 1. The van der Waals surface area contributed by atoms with Crippen molar-refractivity contribution in [2.24, 2.45) is 5.10 Å². The van der Waals surface area contributed by atoms with Crippen LogP contribution >= 0.6 is 6.85 Å². The van der Waals surface area contributed by atoms with E-state index in [1.807, 2.05) is 67.0 Å². The zero-order chi connectivity index (χ0) is 34.6. The second kappa shape index (κ2) is 17.3. The minimum atomic E-state index is -1.02. The van der Waals surface area contributed by atoms with Crippen LogP contribution in [0.5, 0.6) is 11.5 Å². The van der Waals surface area contributed by atoms with Crippen molar-refractivity contribution in [3.8, 4) is 11.5 Å². The van der Waals surface area contributed by atoms with Gasteiger partial charge in [-0.2, -0.15) is 5.10 Å². The Balaban J connectivity index is 0.945. The van der Waals surface area contributed by atoms with E-state index in [1.165, 1.54) is 22.1 Å². The molecule has 5 rings (SSSR count). The van der Waals surface area contributed by atoms with Crippen LogP contribution in [0.2, 0.25) is 0 Å². The molecule has 12 nitrogen and oxygen atoms in total. The summed E-state index contributed by atoms with van der Waals surface area (Å²) >= 11 is 5.26. The van der Waals surface area contributed by atoms with Crippen molar-refractivity contribution in [1.82, 2.24) is 30.0 Å². The highest BCUT2D eigenvalue weighted by molar-refractivity contribution is 8.03. The molecule has 0 radical (unpaired) electrons. The summed E-state index contributed by atoms with van der Waals surface area (Å²) in [4.78, 5) is 38.7. The van der Waals surface area contributed by atoms with Gasteiger partial charge in [0.25, 0.3) is 11.8 Å². The van der Waals surface area contributed by atoms with Crippen molar-refractivity contribution in [2.45, 2.75) is 32.2 Å². The van der Waals surface area contributed by atoms with Crippen LogP contribution in [0.1, 0.15) is 50.4 Å². The number of carbonyl (C=O) groups excluding carboxylic acids is 3. The van der Waals surface area contributed by atoms with E-state index in [-0.39, 0.29) is 24.3 Å². The maximum atomic E-state index is 12.5. The predicted octanol–water partition coefficient (Wildman–Crippen LogP) is 4.67. The number of aromatic nitrogens is 3. The van der Waals surface area contributed by atoms with Gasteiger partial charge in [-0.3, -0.25) is 24.1 Å². The Kier molecular flexibility index (Phi) is 12.4. The van der Waals surface area contributed by atoms with Crippen LogP contribution in [0.25, 0.3) is 0 Å². The van der Waals surface area contributed by atoms with Crippen LogP contribution in [0.3, 0.4) is 0 Å². The first-order valence-corrected chi connectivity index (χ1v) is 18.9. The number of benzene rings is 3. The van der Waals surface area contributed by atoms with Gasteiger partial charge in [-0.15, -0.1) is 5.10 Å². The smallest absolute Gasteiger partial charge is 0.261 e. The third-order valence-electron chi connectivity index (χ3n) is 7.67. The first kappa shape index (κ1) is 35.2. The molecule has 14 heteroatoms. The maximum absolute atomic E-state index is 12.5. The van der Waals surface area contributed by atoms with Gasteiger partial charge in [-0.25, -0.2) is 4.68 Å². The first-order chi connectivity index (χ1) is 23.8. The van der Waals surface area contributed by atoms with Crippen molar-refractivity contribution < 1.29 is 23.9 Å². The summed E-state index contributed by atoms with van der Waals surface area (Å²) < 4.78 is 14.5. The molecular weight excluding hydrogens is 661 g/mol. The van der Waals surface area contributed by atoms with Gasteiger partial charge in [0.05, 0.1) is 23.0 Å². The number of amides is 3. The van der Waals surface area contributed by atoms with Gasteiger partial charge in [-0.1, -0.05) is 41.3 Å². The molecule has 0 saturated carbocycles. The number of nitrogens with zero attached hydrogens (tertiary/aromatic N) is 6. The summed E-state index contributed by atoms with van der Waals surface area (Å²) in [7, 11) is 1.88. The molecule has 4 aromatic rings. The van der Waals surface area contributed by atoms with Crippen molar-refractivity contribution in [3.05, 3.63) is 119 Å². The SMILES string of the molecule is CN(/N=C/c1ccc(OC=COc2ccc(CCNC(=O)Cn3cc(CCCCN4C(=O)c5ccccc5C4=O)nn3)cc2)cc1)[PH](C)=S. The summed E-state index contributed by atoms with van der Waals surface area (Å²) in [5, 5.41) is 15.5. The lowest BCUT2D eigenvalue weighted by Gasteiger charge is -2.13. The highest BCUT2D eigenvalue weighted by Crippen LogP contribution is 2.23. The van der Waals surface area contributed by atoms with Crippen molar-refractivity contribution in [1.29, 1.82) is 0 Å². The van der Waals surface area contributed by atoms with E-state index in [2.05, 4.69) is 20.7 Å². The fourth-order valence-electron chi connectivity index (χ4n) is 4.91. The number of hydrazone groups is 1. The molecule has 0 bridgehead atoms. The van der Waals surface area contributed by atoms with Crippen LogP contribution in [0, 0.1) is 0 Å². The number of unbranched alkanes of at least 4 members (excludes halogenated alkanes) is 1. The van der Waals surface area contributed by atoms with Crippen molar-refractivity contribution in [3.63, 3.8) is 0 Å². The van der Waals surface area contributed by atoms with Gasteiger partial charge in [0.2, 0.25) is 5.91 Å². The molecule has 1 aliphatic rings. The van der Waals surface area contributed by atoms with Crippen molar-refractivity contribution >= 4 is 42.6 Å². The lowest BCUT2D eigenvalue weighted by Crippen LogP contribution is -2.30. The van der Waals surface area contributed by atoms with Gasteiger partial charge in [0.1, 0.15) is 30.6 Å². The molecule has 49 heavy (non-hydrogen) atoms. The van der Waals surface area contributed by atoms with E-state index < -0.39 is 6.85 Å². The monoisotopic (exact) mass is 699 g/mol. The Morgan fingerprint density at radius 3 is 2.20 bits per heavy atom. The average Bonchev–Trinajstić information content (AvgIpc) is 3.65. The number of fused-ring (bicyclic) bond motifs is 1. The molecule has 1 unspecified atom stereocenters. The zero-order valence-electron chi connectivity index (χ0n) is 27.3. The first-order valence-electron chi connectivity index (χ1n) is 15.8. The highest BCUT2D eigenvalue weighted by Gasteiger charge is 2.34. The molecule has 0 saturated heterocycles. The largest absolute Gasteiger partial charge is 0.462 e. The van der Waals surface area contributed by atoms with Gasteiger partial charge >= 0.3 is 0 Å². The van der Waals surface area contributed by atoms with Crippen molar-refractivity contribution in [2.75, 3.05) is 26.8 Å². The normalized spacial score (nSPS) is 13.2. The van der Waals surface area contributed by atoms with Crippen LogP contribution in [0.4, 0.5) is 0 Å². The highest BCUT2D eigenvalue weighted by atomic mass is 32.4. The summed E-state index contributed by atoms with van der Waals surface area (Å²) in [5.41, 5.74) is 3.67. The number of ether oxygens (including phenoxy) is 2. The number of rotatable bonds is 17. The third kappa shape index (κ3) is 10.2. The standard InChI is InChI=1S/C35H38N7O5PS/c1-40(48(2)49)37-23-27-12-16-30(17-13-27)47-22-21-46-29-14-10-26(11-15-29)18-19-36-33(43)25-41-24-28(38-39-41)7-5-6-20-42-34(44)31-8-3-4-9-32(31)35(42)45/h3-4,8-17,21-24,48H,5-7,18-20,25H2,1-2H3,(H,36,43)/b22-21?,37-23+. The third-order valence-corrected chi connectivity index (χ3v) is 9.49. The number of hydrogen-bond donors (Lipinski definition) is 1. The van der Waals surface area contributed by atoms with Gasteiger partial charge < -0.3 is 14.8 Å². The molecule has 1 aromatic heterocycles. The maximum Gasteiger partial charge on any atom is 0.261 e. The number of carbonyl (C=O) groups is 3. The Bertz CT molecular complexity index is 1810. The van der Waals surface area contributed by atoms with E-state index >= 15 is 0 Å². The molecule has 2 heterocycles. The van der Waals surface area contributed by atoms with Crippen LogP contribution in [-0.2, 0) is 36.0 Å².